The number of hydrogen-bond acceptors (Lipinski definition) is 4. The predicted octanol–water partition coefficient (Wildman–Crippen LogP) is 2.02. The lowest BCUT2D eigenvalue weighted by Gasteiger charge is -2.17. The molecule has 7 nitrogen and oxygen atoms in total. The Kier molecular flexibility index (Phi) is 5.52. The maximum Gasteiger partial charge on any atom is 0.240 e. The fourth-order valence-electron chi connectivity index (χ4n) is 2.70. The zero-order valence-electron chi connectivity index (χ0n) is 14.3. The first-order valence-electron chi connectivity index (χ1n) is 8.31. The van der Waals surface area contributed by atoms with Crippen LogP contribution >= 0.6 is 0 Å². The molecule has 2 amide bonds. The maximum absolute atomic E-state index is 13.1. The highest BCUT2D eigenvalue weighted by atomic mass is 32.2. The normalized spacial score (nSPS) is 13.6. The van der Waals surface area contributed by atoms with Gasteiger partial charge in [-0.15, -0.1) is 0 Å². The van der Waals surface area contributed by atoms with Gasteiger partial charge in [-0.3, -0.25) is 9.59 Å². The molecular weight excluding hydrogens is 373 g/mol. The van der Waals surface area contributed by atoms with Gasteiger partial charge in [0.25, 0.3) is 0 Å². The highest BCUT2D eigenvalue weighted by Gasteiger charge is 2.20. The molecular formula is C18H18FN3O4S. The Labute approximate surface area is 156 Å². The molecule has 1 aliphatic heterocycles. The van der Waals surface area contributed by atoms with E-state index in [1.165, 1.54) is 36.4 Å². The molecule has 142 valence electrons. The van der Waals surface area contributed by atoms with E-state index in [-0.39, 0.29) is 23.8 Å². The van der Waals surface area contributed by atoms with Crippen molar-refractivity contribution in [3.05, 3.63) is 53.8 Å². The first kappa shape index (κ1) is 19.0. The minimum absolute atomic E-state index is 0.0722. The van der Waals surface area contributed by atoms with E-state index in [1.54, 1.807) is 6.07 Å². The standard InChI is InChI=1S/C18H18FN3O4S/c19-13-2-1-3-14(11-13)21-18(24)8-9-20-27(25,26)15-5-6-16-12(10-15)4-7-17(23)22-16/h1-3,5-6,10-11,20H,4,7-9H2,(H,21,24)(H,22,23). The molecule has 9 heteroatoms. The number of nitrogens with one attached hydrogen (secondary N) is 3. The second-order valence-electron chi connectivity index (χ2n) is 6.07. The van der Waals surface area contributed by atoms with E-state index < -0.39 is 21.7 Å². The molecule has 0 bridgehead atoms. The van der Waals surface area contributed by atoms with Gasteiger partial charge < -0.3 is 10.6 Å². The Morgan fingerprint density at radius 3 is 2.74 bits per heavy atom. The minimum Gasteiger partial charge on any atom is -0.326 e. The van der Waals surface area contributed by atoms with Crippen LogP contribution in [0, 0.1) is 5.82 Å². The van der Waals surface area contributed by atoms with Gasteiger partial charge in [0.1, 0.15) is 5.82 Å². The minimum atomic E-state index is -3.79. The van der Waals surface area contributed by atoms with Crippen LogP contribution in [0.15, 0.2) is 47.4 Å². The number of rotatable bonds is 6. The number of benzene rings is 2. The summed E-state index contributed by atoms with van der Waals surface area (Å²) in [7, 11) is -3.79. The number of fused-ring (bicyclic) bond motifs is 1. The van der Waals surface area contributed by atoms with E-state index in [9.17, 15) is 22.4 Å². The first-order chi connectivity index (χ1) is 12.8. The largest absolute Gasteiger partial charge is 0.326 e. The molecule has 0 aromatic heterocycles. The summed E-state index contributed by atoms with van der Waals surface area (Å²) < 4.78 is 40.2. The summed E-state index contributed by atoms with van der Waals surface area (Å²) in [5, 5.41) is 5.19. The summed E-state index contributed by atoms with van der Waals surface area (Å²) in [6, 6.07) is 9.91. The lowest BCUT2D eigenvalue weighted by molar-refractivity contribution is -0.117. The van der Waals surface area contributed by atoms with Gasteiger partial charge in [0.2, 0.25) is 21.8 Å². The molecule has 0 radical (unpaired) electrons. The van der Waals surface area contributed by atoms with Crippen molar-refractivity contribution in [1.82, 2.24) is 4.72 Å². The molecule has 0 spiro atoms. The number of aryl methyl sites for hydroxylation is 1. The maximum atomic E-state index is 13.1. The number of halogens is 1. The lowest BCUT2D eigenvalue weighted by Crippen LogP contribution is -2.28. The van der Waals surface area contributed by atoms with Crippen molar-refractivity contribution in [3.8, 4) is 0 Å². The van der Waals surface area contributed by atoms with Crippen LogP contribution in [0.1, 0.15) is 18.4 Å². The van der Waals surface area contributed by atoms with Crippen molar-refractivity contribution >= 4 is 33.2 Å². The number of anilines is 2. The van der Waals surface area contributed by atoms with E-state index >= 15 is 0 Å². The highest BCUT2D eigenvalue weighted by molar-refractivity contribution is 7.89. The zero-order chi connectivity index (χ0) is 19.4. The Bertz CT molecular complexity index is 992. The van der Waals surface area contributed by atoms with Crippen LogP contribution in [0.25, 0.3) is 0 Å². The van der Waals surface area contributed by atoms with Gasteiger partial charge in [-0.2, -0.15) is 0 Å². The quantitative estimate of drug-likeness (QED) is 0.701. The molecule has 0 unspecified atom stereocenters. The van der Waals surface area contributed by atoms with Crippen LogP contribution in [-0.2, 0) is 26.0 Å². The molecule has 0 fully saturated rings. The van der Waals surface area contributed by atoms with Crippen LogP contribution in [0.5, 0.6) is 0 Å². The molecule has 0 saturated carbocycles. The molecule has 3 N–H and O–H groups in total. The third-order valence-corrected chi connectivity index (χ3v) is 5.49. The highest BCUT2D eigenvalue weighted by Crippen LogP contribution is 2.25. The fourth-order valence-corrected chi connectivity index (χ4v) is 3.78. The number of hydrogen-bond donors (Lipinski definition) is 3. The Balaban J connectivity index is 1.57. The number of sulfonamides is 1. The second kappa shape index (κ2) is 7.85. The molecule has 1 aliphatic rings. The number of carbonyl (C=O) groups excluding carboxylic acids is 2. The first-order valence-corrected chi connectivity index (χ1v) is 9.80. The SMILES string of the molecule is O=C(CCNS(=O)(=O)c1ccc2c(c1)CCC(=O)N2)Nc1cccc(F)c1. The number of carbonyl (C=O) groups is 2. The monoisotopic (exact) mass is 391 g/mol. The Hall–Kier alpha value is -2.78. The van der Waals surface area contributed by atoms with Crippen molar-refractivity contribution in [2.75, 3.05) is 17.2 Å². The Morgan fingerprint density at radius 1 is 1.15 bits per heavy atom. The third-order valence-electron chi connectivity index (χ3n) is 4.04. The molecule has 0 atom stereocenters. The van der Waals surface area contributed by atoms with E-state index in [0.717, 1.165) is 5.56 Å². The number of amides is 2. The molecule has 2 aromatic carbocycles. The molecule has 27 heavy (non-hydrogen) atoms. The average molecular weight is 391 g/mol. The predicted molar refractivity (Wildman–Crippen MR) is 98.2 cm³/mol. The summed E-state index contributed by atoms with van der Waals surface area (Å²) in [5.41, 5.74) is 1.67. The fraction of sp³-hybridized carbons (Fsp3) is 0.222. The van der Waals surface area contributed by atoms with Gasteiger partial charge >= 0.3 is 0 Å². The summed E-state index contributed by atoms with van der Waals surface area (Å²) >= 11 is 0. The van der Waals surface area contributed by atoms with Crippen LogP contribution in [-0.4, -0.2) is 26.8 Å². The van der Waals surface area contributed by atoms with Gasteiger partial charge in [0.15, 0.2) is 0 Å². The van der Waals surface area contributed by atoms with Gasteiger partial charge in [-0.25, -0.2) is 17.5 Å². The van der Waals surface area contributed by atoms with Crippen molar-refractivity contribution in [2.45, 2.75) is 24.2 Å². The van der Waals surface area contributed by atoms with E-state index in [2.05, 4.69) is 15.4 Å². The van der Waals surface area contributed by atoms with Gasteiger partial charge in [-0.1, -0.05) is 6.07 Å². The summed E-state index contributed by atoms with van der Waals surface area (Å²) in [6.45, 7) is -0.0999. The average Bonchev–Trinajstić information content (AvgIpc) is 2.61. The Morgan fingerprint density at radius 2 is 1.96 bits per heavy atom. The molecule has 0 aliphatic carbocycles. The summed E-state index contributed by atoms with van der Waals surface area (Å²) in [5.74, 6) is -1.01. The van der Waals surface area contributed by atoms with E-state index in [0.29, 0.717) is 24.2 Å². The topological polar surface area (TPSA) is 104 Å². The van der Waals surface area contributed by atoms with Crippen molar-refractivity contribution < 1.29 is 22.4 Å². The zero-order valence-corrected chi connectivity index (χ0v) is 15.1. The van der Waals surface area contributed by atoms with Crippen LogP contribution in [0.3, 0.4) is 0 Å². The third kappa shape index (κ3) is 4.89. The van der Waals surface area contributed by atoms with Gasteiger partial charge in [0, 0.05) is 30.8 Å². The second-order valence-corrected chi connectivity index (χ2v) is 7.84. The smallest absolute Gasteiger partial charge is 0.240 e. The summed E-state index contributed by atoms with van der Waals surface area (Å²) in [4.78, 5) is 23.3. The van der Waals surface area contributed by atoms with E-state index in [1.807, 2.05) is 0 Å². The van der Waals surface area contributed by atoms with Crippen LogP contribution in [0.4, 0.5) is 15.8 Å². The van der Waals surface area contributed by atoms with Crippen LogP contribution in [0.2, 0.25) is 0 Å². The molecule has 2 aromatic rings. The molecule has 1 heterocycles. The van der Waals surface area contributed by atoms with Gasteiger partial charge in [0.05, 0.1) is 4.90 Å². The van der Waals surface area contributed by atoms with Crippen molar-refractivity contribution in [3.63, 3.8) is 0 Å². The molecule has 0 saturated heterocycles. The van der Waals surface area contributed by atoms with Crippen molar-refractivity contribution in [1.29, 1.82) is 0 Å². The van der Waals surface area contributed by atoms with Crippen molar-refractivity contribution in [2.24, 2.45) is 0 Å². The van der Waals surface area contributed by atoms with Crippen LogP contribution < -0.4 is 15.4 Å². The van der Waals surface area contributed by atoms with E-state index in [4.69, 9.17) is 0 Å². The summed E-state index contributed by atoms with van der Waals surface area (Å²) in [6.07, 6.45) is 0.682. The lowest BCUT2D eigenvalue weighted by atomic mass is 10.0. The molecule has 3 rings (SSSR count). The van der Waals surface area contributed by atoms with Gasteiger partial charge in [-0.05, 0) is 48.4 Å².